The van der Waals surface area contributed by atoms with Crippen molar-refractivity contribution in [2.24, 2.45) is 0 Å². The molecule has 9 nitrogen and oxygen atoms in total. The highest BCUT2D eigenvalue weighted by Gasteiger charge is 2.38. The largest absolute Gasteiger partial charge is 0.482 e. The predicted molar refractivity (Wildman–Crippen MR) is 138 cm³/mol. The minimum Gasteiger partial charge on any atom is -0.482 e. The highest BCUT2D eigenvalue weighted by atomic mass is 16.5. The summed E-state index contributed by atoms with van der Waals surface area (Å²) in [5.41, 5.74) is 5.14. The van der Waals surface area contributed by atoms with Gasteiger partial charge in [-0.2, -0.15) is 0 Å². The number of ether oxygens (including phenoxy) is 2. The quantitative estimate of drug-likeness (QED) is 0.655. The SMILES string of the molecule is C=CC(=O)N1CC(N2CC[C@H](c3cc4c(c(C)n3)O[C@H](C)c3c(N5CCOCC5)ccnc3N4)C2)C1. The zero-order valence-corrected chi connectivity index (χ0v) is 21.1. The van der Waals surface area contributed by atoms with Gasteiger partial charge in [-0.25, -0.2) is 4.98 Å². The number of hydrogen-bond donors (Lipinski definition) is 1. The molecule has 0 aromatic carbocycles. The van der Waals surface area contributed by atoms with E-state index < -0.39 is 0 Å². The number of anilines is 3. The van der Waals surface area contributed by atoms with Crippen LogP contribution in [-0.2, 0) is 9.53 Å². The first-order valence-corrected chi connectivity index (χ1v) is 12.9. The molecule has 4 aliphatic rings. The summed E-state index contributed by atoms with van der Waals surface area (Å²) in [6.07, 6.45) is 4.17. The van der Waals surface area contributed by atoms with Crippen LogP contribution in [0.3, 0.4) is 0 Å². The van der Waals surface area contributed by atoms with E-state index in [-0.39, 0.29) is 12.0 Å². The Morgan fingerprint density at radius 1 is 1.22 bits per heavy atom. The summed E-state index contributed by atoms with van der Waals surface area (Å²) in [5.74, 6) is 2.02. The van der Waals surface area contributed by atoms with E-state index >= 15 is 0 Å². The van der Waals surface area contributed by atoms with Crippen molar-refractivity contribution < 1.29 is 14.3 Å². The van der Waals surface area contributed by atoms with Gasteiger partial charge in [-0.05, 0) is 45.0 Å². The van der Waals surface area contributed by atoms with E-state index in [9.17, 15) is 4.79 Å². The van der Waals surface area contributed by atoms with E-state index in [1.54, 1.807) is 0 Å². The van der Waals surface area contributed by atoms with Gasteiger partial charge >= 0.3 is 0 Å². The zero-order chi connectivity index (χ0) is 24.8. The van der Waals surface area contributed by atoms with Gasteiger partial charge in [0.1, 0.15) is 11.9 Å². The minimum atomic E-state index is -0.159. The molecule has 6 heterocycles. The van der Waals surface area contributed by atoms with E-state index in [4.69, 9.17) is 19.4 Å². The van der Waals surface area contributed by atoms with Gasteiger partial charge in [-0.15, -0.1) is 0 Å². The van der Waals surface area contributed by atoms with E-state index in [0.717, 1.165) is 98.8 Å². The van der Waals surface area contributed by atoms with Crippen LogP contribution in [0.2, 0.25) is 0 Å². The zero-order valence-electron chi connectivity index (χ0n) is 21.1. The molecule has 0 aliphatic carbocycles. The van der Waals surface area contributed by atoms with Crippen molar-refractivity contribution in [2.75, 3.05) is 62.7 Å². The van der Waals surface area contributed by atoms with E-state index in [1.807, 2.05) is 18.0 Å². The van der Waals surface area contributed by atoms with Crippen LogP contribution in [-0.4, -0.2) is 84.2 Å². The summed E-state index contributed by atoms with van der Waals surface area (Å²) in [6, 6.07) is 4.66. The number of carbonyl (C=O) groups excluding carboxylic acids is 1. The van der Waals surface area contributed by atoms with Crippen LogP contribution in [0.4, 0.5) is 17.2 Å². The number of amides is 1. The van der Waals surface area contributed by atoms with Crippen LogP contribution in [0.1, 0.15) is 42.3 Å². The lowest BCUT2D eigenvalue weighted by Gasteiger charge is -2.43. The second-order valence-electron chi connectivity index (χ2n) is 10.2. The van der Waals surface area contributed by atoms with Crippen LogP contribution < -0.4 is 15.0 Å². The first kappa shape index (κ1) is 23.2. The molecule has 2 aromatic heterocycles. The molecule has 2 aromatic rings. The van der Waals surface area contributed by atoms with Crippen molar-refractivity contribution in [1.29, 1.82) is 0 Å². The van der Waals surface area contributed by atoms with Crippen LogP contribution in [0.25, 0.3) is 0 Å². The maximum atomic E-state index is 11.8. The number of hydrogen-bond acceptors (Lipinski definition) is 8. The number of nitrogens with zero attached hydrogens (tertiary/aromatic N) is 5. The minimum absolute atomic E-state index is 0.0241. The lowest BCUT2D eigenvalue weighted by atomic mass is 10.0. The molecule has 3 saturated heterocycles. The summed E-state index contributed by atoms with van der Waals surface area (Å²) < 4.78 is 12.1. The highest BCUT2D eigenvalue weighted by Crippen LogP contribution is 2.44. The Labute approximate surface area is 212 Å². The van der Waals surface area contributed by atoms with Crippen LogP contribution in [0.5, 0.6) is 5.75 Å². The molecule has 0 spiro atoms. The summed E-state index contributed by atoms with van der Waals surface area (Å²) in [4.78, 5) is 28.2. The van der Waals surface area contributed by atoms with Gasteiger partial charge in [0.25, 0.3) is 0 Å². The topological polar surface area (TPSA) is 83.1 Å². The lowest BCUT2D eigenvalue weighted by molar-refractivity contribution is -0.132. The molecule has 2 atom stereocenters. The van der Waals surface area contributed by atoms with Crippen molar-refractivity contribution in [3.05, 3.63) is 47.9 Å². The maximum absolute atomic E-state index is 11.8. The Morgan fingerprint density at radius 2 is 2.03 bits per heavy atom. The molecule has 1 amide bonds. The van der Waals surface area contributed by atoms with Gasteiger partial charge in [-0.1, -0.05) is 6.58 Å². The van der Waals surface area contributed by atoms with E-state index in [1.165, 1.54) is 6.08 Å². The standard InChI is InChI=1S/C27H34N6O3/c1-4-24(34)33-15-20(16-33)32-8-6-19(14-32)21-13-22-26(17(2)29-21)36-18(3)25-23(5-7-28-27(25)30-22)31-9-11-35-12-10-31/h4-5,7,13,18-20H,1,6,8-12,14-16H2,2-3H3,(H,28,30)/t18-,19+/m1/s1. The van der Waals surface area contributed by atoms with Gasteiger partial charge in [0.2, 0.25) is 5.91 Å². The fraction of sp³-hybridized carbons (Fsp3) is 0.519. The third-order valence-electron chi connectivity index (χ3n) is 7.94. The number of likely N-dealkylation sites (tertiary alicyclic amines) is 2. The molecule has 3 fully saturated rings. The highest BCUT2D eigenvalue weighted by molar-refractivity contribution is 5.87. The van der Waals surface area contributed by atoms with Crippen LogP contribution >= 0.6 is 0 Å². The van der Waals surface area contributed by atoms with Gasteiger partial charge in [0.05, 0.1) is 30.2 Å². The number of nitrogens with one attached hydrogen (secondary N) is 1. The Hall–Kier alpha value is -3.17. The maximum Gasteiger partial charge on any atom is 0.246 e. The molecule has 4 aliphatic heterocycles. The molecule has 0 radical (unpaired) electrons. The fourth-order valence-electron chi connectivity index (χ4n) is 5.90. The predicted octanol–water partition coefficient (Wildman–Crippen LogP) is 3.00. The number of rotatable bonds is 4. The molecule has 6 rings (SSSR count). The number of carbonyl (C=O) groups is 1. The van der Waals surface area contributed by atoms with Gasteiger partial charge < -0.3 is 24.6 Å². The average molecular weight is 491 g/mol. The van der Waals surface area contributed by atoms with Gasteiger partial charge in [0.15, 0.2) is 5.75 Å². The Kier molecular flexibility index (Phi) is 6.05. The molecule has 0 bridgehead atoms. The number of fused-ring (bicyclic) bond motifs is 2. The van der Waals surface area contributed by atoms with Crippen molar-refractivity contribution in [1.82, 2.24) is 19.8 Å². The summed E-state index contributed by atoms with van der Waals surface area (Å²) in [6.45, 7) is 14.4. The van der Waals surface area contributed by atoms with Gasteiger partial charge in [-0.3, -0.25) is 14.7 Å². The smallest absolute Gasteiger partial charge is 0.246 e. The normalized spacial score (nSPS) is 24.2. The molecular formula is C27H34N6O3. The molecular weight excluding hydrogens is 456 g/mol. The van der Waals surface area contributed by atoms with Crippen molar-refractivity contribution in [3.8, 4) is 5.75 Å². The average Bonchev–Trinajstić information content (AvgIpc) is 3.29. The molecule has 0 saturated carbocycles. The Balaban J connectivity index is 1.23. The molecule has 190 valence electrons. The number of aryl methyl sites for hydroxylation is 1. The number of aromatic nitrogens is 2. The van der Waals surface area contributed by atoms with E-state index in [0.29, 0.717) is 12.0 Å². The number of pyridine rings is 2. The number of morpholine rings is 1. The monoisotopic (exact) mass is 490 g/mol. The van der Waals surface area contributed by atoms with Crippen molar-refractivity contribution in [2.45, 2.75) is 38.3 Å². The van der Waals surface area contributed by atoms with Crippen LogP contribution in [0, 0.1) is 6.92 Å². The second kappa shape index (κ2) is 9.37. The van der Waals surface area contributed by atoms with Gasteiger partial charge in [0, 0.05) is 62.3 Å². The Bertz CT molecular complexity index is 1170. The molecule has 9 heteroatoms. The second-order valence-corrected chi connectivity index (χ2v) is 10.2. The molecule has 36 heavy (non-hydrogen) atoms. The summed E-state index contributed by atoms with van der Waals surface area (Å²) >= 11 is 0. The molecule has 0 unspecified atom stereocenters. The van der Waals surface area contributed by atoms with E-state index in [2.05, 4.69) is 40.8 Å². The first-order valence-electron chi connectivity index (χ1n) is 12.9. The summed E-state index contributed by atoms with van der Waals surface area (Å²) in [7, 11) is 0. The van der Waals surface area contributed by atoms with Crippen molar-refractivity contribution in [3.63, 3.8) is 0 Å². The van der Waals surface area contributed by atoms with Crippen molar-refractivity contribution >= 4 is 23.1 Å². The molecule has 1 N–H and O–H groups in total. The lowest BCUT2D eigenvalue weighted by Crippen LogP contribution is -2.60. The Morgan fingerprint density at radius 3 is 2.81 bits per heavy atom. The summed E-state index contributed by atoms with van der Waals surface area (Å²) in [5, 5.41) is 3.60. The van der Waals surface area contributed by atoms with Crippen LogP contribution in [0.15, 0.2) is 31.0 Å². The third-order valence-corrected chi connectivity index (χ3v) is 7.94. The fourth-order valence-corrected chi connectivity index (χ4v) is 5.90. The third kappa shape index (κ3) is 4.10. The first-order chi connectivity index (χ1) is 17.5.